The van der Waals surface area contributed by atoms with Gasteiger partial charge in [0.2, 0.25) is 10.0 Å². The van der Waals surface area contributed by atoms with Crippen molar-refractivity contribution in [2.45, 2.75) is 36.4 Å². The lowest BCUT2D eigenvalue weighted by Crippen LogP contribution is -2.28. The van der Waals surface area contributed by atoms with Gasteiger partial charge in [0.05, 0.1) is 20.8 Å². The van der Waals surface area contributed by atoms with E-state index in [4.69, 9.17) is 9.47 Å². The van der Waals surface area contributed by atoms with E-state index in [-0.39, 0.29) is 29.7 Å². The number of rotatable bonds is 8. The third-order valence-corrected chi connectivity index (χ3v) is 5.86. The van der Waals surface area contributed by atoms with Crippen LogP contribution in [-0.2, 0) is 22.7 Å². The molecule has 1 heterocycles. The van der Waals surface area contributed by atoms with Crippen LogP contribution in [0.2, 0.25) is 0 Å². The van der Waals surface area contributed by atoms with Gasteiger partial charge in [0.1, 0.15) is 16.4 Å². The first kappa shape index (κ1) is 20.5. The SMILES string of the molecule is COc1ccc(OC)c(S(=O)(=O)NCCn2nc(C(F)(F)F)cc2C2CC2)c1. The van der Waals surface area contributed by atoms with Crippen molar-refractivity contribution >= 4 is 10.0 Å². The smallest absolute Gasteiger partial charge is 0.435 e. The zero-order valence-corrected chi connectivity index (χ0v) is 16.1. The lowest BCUT2D eigenvalue weighted by atomic mass is 10.2. The number of methoxy groups -OCH3 is 2. The van der Waals surface area contributed by atoms with Crippen LogP contribution in [0.25, 0.3) is 0 Å². The van der Waals surface area contributed by atoms with Crippen LogP contribution in [0, 0.1) is 0 Å². The summed E-state index contributed by atoms with van der Waals surface area (Å²) in [6.45, 7) is -0.144. The summed E-state index contributed by atoms with van der Waals surface area (Å²) >= 11 is 0. The molecule has 1 fully saturated rings. The minimum absolute atomic E-state index is 0.0204. The van der Waals surface area contributed by atoms with Crippen LogP contribution in [0.3, 0.4) is 0 Å². The van der Waals surface area contributed by atoms with Crippen molar-refractivity contribution in [1.29, 1.82) is 0 Å². The van der Waals surface area contributed by atoms with Gasteiger partial charge in [-0.05, 0) is 31.0 Å². The predicted octanol–water partition coefficient (Wildman–Crippen LogP) is 2.78. The second kappa shape index (κ2) is 7.63. The molecule has 1 aliphatic carbocycles. The molecule has 0 radical (unpaired) electrons. The van der Waals surface area contributed by atoms with Crippen molar-refractivity contribution in [3.63, 3.8) is 0 Å². The summed E-state index contributed by atoms with van der Waals surface area (Å²) < 4.78 is 77.8. The van der Waals surface area contributed by atoms with E-state index in [1.165, 1.54) is 31.0 Å². The zero-order valence-electron chi connectivity index (χ0n) is 15.3. The average molecular weight is 419 g/mol. The van der Waals surface area contributed by atoms with Crippen molar-refractivity contribution in [1.82, 2.24) is 14.5 Å². The molecule has 0 aliphatic heterocycles. The van der Waals surface area contributed by atoms with E-state index < -0.39 is 21.9 Å². The molecular weight excluding hydrogens is 399 g/mol. The van der Waals surface area contributed by atoms with Crippen LogP contribution in [0.4, 0.5) is 13.2 Å². The first-order chi connectivity index (χ1) is 13.2. The maximum Gasteiger partial charge on any atom is 0.435 e. The Morgan fingerprint density at radius 1 is 1.21 bits per heavy atom. The van der Waals surface area contributed by atoms with Gasteiger partial charge in [-0.2, -0.15) is 18.3 Å². The predicted molar refractivity (Wildman–Crippen MR) is 93.9 cm³/mol. The highest BCUT2D eigenvalue weighted by atomic mass is 32.2. The monoisotopic (exact) mass is 419 g/mol. The summed E-state index contributed by atoms with van der Waals surface area (Å²) in [5.41, 5.74) is -0.489. The van der Waals surface area contributed by atoms with Crippen molar-refractivity contribution in [3.05, 3.63) is 35.7 Å². The van der Waals surface area contributed by atoms with Crippen molar-refractivity contribution in [2.24, 2.45) is 0 Å². The quantitative estimate of drug-likeness (QED) is 0.712. The Labute approximate surface area is 160 Å². The largest absolute Gasteiger partial charge is 0.497 e. The van der Waals surface area contributed by atoms with E-state index in [1.807, 2.05) is 0 Å². The van der Waals surface area contributed by atoms with E-state index in [0.717, 1.165) is 18.9 Å². The maximum absolute atomic E-state index is 12.9. The van der Waals surface area contributed by atoms with E-state index in [0.29, 0.717) is 11.4 Å². The number of benzene rings is 1. The molecule has 2 aromatic rings. The second-order valence-corrected chi connectivity index (χ2v) is 8.10. The third-order valence-electron chi connectivity index (χ3n) is 4.37. The first-order valence-corrected chi connectivity index (χ1v) is 10.0. The molecule has 0 saturated heterocycles. The van der Waals surface area contributed by atoms with Gasteiger partial charge in [-0.15, -0.1) is 0 Å². The van der Waals surface area contributed by atoms with Crippen molar-refractivity contribution in [3.8, 4) is 11.5 Å². The minimum atomic E-state index is -4.54. The molecule has 1 aliphatic rings. The van der Waals surface area contributed by atoms with Gasteiger partial charge in [0.15, 0.2) is 5.69 Å². The number of ether oxygens (including phenoxy) is 2. The van der Waals surface area contributed by atoms with Crippen LogP contribution < -0.4 is 14.2 Å². The van der Waals surface area contributed by atoms with Gasteiger partial charge in [-0.3, -0.25) is 4.68 Å². The van der Waals surface area contributed by atoms with E-state index in [9.17, 15) is 21.6 Å². The number of hydrogen-bond acceptors (Lipinski definition) is 5. The fraction of sp³-hybridized carbons (Fsp3) is 0.471. The number of aromatic nitrogens is 2. The van der Waals surface area contributed by atoms with E-state index >= 15 is 0 Å². The Morgan fingerprint density at radius 3 is 2.50 bits per heavy atom. The van der Waals surface area contributed by atoms with Gasteiger partial charge in [-0.1, -0.05) is 0 Å². The number of sulfonamides is 1. The number of hydrogen-bond donors (Lipinski definition) is 1. The summed E-state index contributed by atoms with van der Waals surface area (Å²) in [6, 6.07) is 5.37. The van der Waals surface area contributed by atoms with Gasteiger partial charge < -0.3 is 9.47 Å². The van der Waals surface area contributed by atoms with Crippen LogP contribution in [0.1, 0.15) is 30.1 Å². The molecule has 28 heavy (non-hydrogen) atoms. The van der Waals surface area contributed by atoms with Crippen molar-refractivity contribution < 1.29 is 31.1 Å². The molecule has 3 rings (SSSR count). The molecule has 154 valence electrons. The first-order valence-electron chi connectivity index (χ1n) is 8.52. The van der Waals surface area contributed by atoms with Crippen LogP contribution in [0.15, 0.2) is 29.2 Å². The summed E-state index contributed by atoms with van der Waals surface area (Å²) in [4.78, 5) is -0.117. The molecule has 0 atom stereocenters. The van der Waals surface area contributed by atoms with E-state index in [2.05, 4.69) is 9.82 Å². The molecule has 0 unspecified atom stereocenters. The van der Waals surface area contributed by atoms with Gasteiger partial charge in [0, 0.05) is 24.2 Å². The second-order valence-electron chi connectivity index (χ2n) is 6.36. The molecule has 1 N–H and O–H groups in total. The molecular formula is C17H20F3N3O4S. The Balaban J connectivity index is 1.75. The number of nitrogens with zero attached hydrogens (tertiary/aromatic N) is 2. The molecule has 7 nitrogen and oxygen atoms in total. The molecule has 1 saturated carbocycles. The summed E-state index contributed by atoms with van der Waals surface area (Å²) in [5, 5.41) is 3.61. The van der Waals surface area contributed by atoms with Crippen molar-refractivity contribution in [2.75, 3.05) is 20.8 Å². The highest BCUT2D eigenvalue weighted by molar-refractivity contribution is 7.89. The molecule has 0 spiro atoms. The minimum Gasteiger partial charge on any atom is -0.497 e. The van der Waals surface area contributed by atoms with Crippen LogP contribution in [0.5, 0.6) is 11.5 Å². The standard InChI is InChI=1S/C17H20F3N3O4S/c1-26-12-5-6-14(27-2)15(9-12)28(24,25)21-7-8-23-13(11-3-4-11)10-16(22-23)17(18,19)20/h5-6,9-11,21H,3-4,7-8H2,1-2H3. The van der Waals surface area contributed by atoms with Gasteiger partial charge >= 0.3 is 6.18 Å². The maximum atomic E-state index is 12.9. The number of alkyl halides is 3. The molecule has 0 bridgehead atoms. The van der Waals surface area contributed by atoms with Crippen LogP contribution >= 0.6 is 0 Å². The van der Waals surface area contributed by atoms with Gasteiger partial charge in [0.25, 0.3) is 0 Å². The van der Waals surface area contributed by atoms with Gasteiger partial charge in [-0.25, -0.2) is 13.1 Å². The third kappa shape index (κ3) is 4.41. The Hall–Kier alpha value is -2.27. The molecule has 11 heteroatoms. The number of halogens is 3. The molecule has 1 aromatic heterocycles. The Kier molecular flexibility index (Phi) is 5.57. The summed E-state index contributed by atoms with van der Waals surface area (Å²) in [7, 11) is -1.22. The lowest BCUT2D eigenvalue weighted by Gasteiger charge is -2.13. The zero-order chi connectivity index (χ0) is 20.5. The fourth-order valence-corrected chi connectivity index (χ4v) is 4.02. The molecule has 0 amide bonds. The lowest BCUT2D eigenvalue weighted by molar-refractivity contribution is -0.141. The molecule has 1 aromatic carbocycles. The van der Waals surface area contributed by atoms with E-state index in [1.54, 1.807) is 6.07 Å². The Bertz CT molecular complexity index is 953. The number of nitrogens with one attached hydrogen (secondary N) is 1. The Morgan fingerprint density at radius 2 is 1.93 bits per heavy atom. The summed E-state index contributed by atoms with van der Waals surface area (Å²) in [5.74, 6) is 0.503. The van der Waals surface area contributed by atoms with Crippen LogP contribution in [-0.4, -0.2) is 39.0 Å². The highest BCUT2D eigenvalue weighted by Crippen LogP contribution is 2.42. The topological polar surface area (TPSA) is 82.5 Å². The normalized spacial score (nSPS) is 14.9. The average Bonchev–Trinajstić information content (AvgIpc) is 3.39. The summed E-state index contributed by atoms with van der Waals surface area (Å²) in [6.07, 6.45) is -2.94. The fourth-order valence-electron chi connectivity index (χ4n) is 2.81. The highest BCUT2D eigenvalue weighted by Gasteiger charge is 2.37.